The van der Waals surface area contributed by atoms with Crippen LogP contribution in [0.2, 0.25) is 0 Å². The quantitative estimate of drug-likeness (QED) is 0.836. The van der Waals surface area contributed by atoms with E-state index in [1.807, 2.05) is 27.7 Å². The molecule has 1 amide bonds. The molecule has 0 aliphatic heterocycles. The average Bonchev–Trinajstić information content (AvgIpc) is 2.45. The van der Waals surface area contributed by atoms with E-state index in [0.717, 1.165) is 12.1 Å². The van der Waals surface area contributed by atoms with Gasteiger partial charge in [-0.25, -0.2) is 0 Å². The van der Waals surface area contributed by atoms with Crippen LogP contribution < -0.4 is 11.1 Å². The lowest BCUT2D eigenvalue weighted by Crippen LogP contribution is -2.55. The number of nitrogens with two attached hydrogens (primary N) is 1. The smallest absolute Gasteiger partial charge is 0.349 e. The Morgan fingerprint density at radius 3 is 2.09 bits per heavy atom. The second-order valence-electron chi connectivity index (χ2n) is 6.55. The number of hydrogen-bond donors (Lipinski definition) is 2. The molecule has 3 nitrogen and oxygen atoms in total. The van der Waals surface area contributed by atoms with Crippen LogP contribution in [0.1, 0.15) is 51.2 Å². The summed E-state index contributed by atoms with van der Waals surface area (Å²) in [7, 11) is 0. The minimum Gasteiger partial charge on any atom is -0.349 e. The van der Waals surface area contributed by atoms with E-state index in [1.54, 1.807) is 0 Å². The number of alkyl halides is 3. The molecule has 1 aromatic rings. The van der Waals surface area contributed by atoms with Gasteiger partial charge >= 0.3 is 6.18 Å². The van der Waals surface area contributed by atoms with Gasteiger partial charge in [0.15, 0.2) is 0 Å². The van der Waals surface area contributed by atoms with Crippen molar-refractivity contribution in [1.82, 2.24) is 5.32 Å². The van der Waals surface area contributed by atoms with Gasteiger partial charge in [-0.05, 0) is 36.5 Å². The average molecular weight is 330 g/mol. The molecule has 0 radical (unpaired) electrons. The number of hydrogen-bond acceptors (Lipinski definition) is 2. The summed E-state index contributed by atoms with van der Waals surface area (Å²) in [5.74, 6) is -0.150. The molecule has 0 aliphatic carbocycles. The first-order valence-corrected chi connectivity index (χ1v) is 7.68. The molecule has 0 aromatic heterocycles. The molecule has 0 aliphatic rings. The normalized spacial score (nSPS) is 16.0. The van der Waals surface area contributed by atoms with E-state index in [0.29, 0.717) is 12.1 Å². The fourth-order valence-electron chi connectivity index (χ4n) is 2.20. The van der Waals surface area contributed by atoms with Crippen molar-refractivity contribution in [2.75, 3.05) is 6.54 Å². The summed E-state index contributed by atoms with van der Waals surface area (Å²) in [6.07, 6.45) is -4.15. The Balaban J connectivity index is 2.72. The second-order valence-corrected chi connectivity index (χ2v) is 6.55. The number of carbonyl (C=O) groups excluding carboxylic acids is 1. The molecular formula is C17H25F3N2O. The van der Waals surface area contributed by atoms with Crippen molar-refractivity contribution < 1.29 is 18.0 Å². The van der Waals surface area contributed by atoms with Gasteiger partial charge in [0.25, 0.3) is 0 Å². The molecule has 0 saturated heterocycles. The van der Waals surface area contributed by atoms with E-state index in [4.69, 9.17) is 5.73 Å². The van der Waals surface area contributed by atoms with Crippen LogP contribution in [0, 0.1) is 5.92 Å². The first kappa shape index (κ1) is 19.5. The predicted molar refractivity (Wildman–Crippen MR) is 84.9 cm³/mol. The Bertz CT molecular complexity index is 526. The first-order valence-electron chi connectivity index (χ1n) is 7.68. The number of benzene rings is 1. The van der Waals surface area contributed by atoms with E-state index in [1.165, 1.54) is 12.1 Å². The Hall–Kier alpha value is -1.56. The van der Waals surface area contributed by atoms with E-state index in [-0.39, 0.29) is 24.2 Å². The van der Waals surface area contributed by atoms with Crippen LogP contribution in [0.4, 0.5) is 13.2 Å². The maximum Gasteiger partial charge on any atom is 0.416 e. The van der Waals surface area contributed by atoms with Crippen LogP contribution in [0.25, 0.3) is 0 Å². The van der Waals surface area contributed by atoms with Crippen LogP contribution in [-0.4, -0.2) is 18.0 Å². The van der Waals surface area contributed by atoms with Crippen LogP contribution in [0.3, 0.4) is 0 Å². The summed E-state index contributed by atoms with van der Waals surface area (Å²) >= 11 is 0. The Morgan fingerprint density at radius 1 is 1.17 bits per heavy atom. The van der Waals surface area contributed by atoms with Crippen molar-refractivity contribution in [2.24, 2.45) is 11.7 Å². The number of rotatable bonds is 6. The van der Waals surface area contributed by atoms with Crippen molar-refractivity contribution in [3.8, 4) is 0 Å². The molecule has 0 saturated carbocycles. The lowest BCUT2D eigenvalue weighted by Gasteiger charge is -2.34. The maximum atomic E-state index is 12.6. The van der Waals surface area contributed by atoms with Crippen LogP contribution in [-0.2, 0) is 11.0 Å². The summed E-state index contributed by atoms with van der Waals surface area (Å²) in [6, 6.07) is 4.93. The standard InChI is InChI=1S/C17H25F3N2O/c1-11(2)16(4,10-21)22-15(23)9-12(3)13-5-7-14(8-6-13)17(18,19)20/h5-8,11-12H,9-10,21H2,1-4H3,(H,22,23). The van der Waals surface area contributed by atoms with E-state index in [2.05, 4.69) is 5.32 Å². The van der Waals surface area contributed by atoms with Crippen LogP contribution >= 0.6 is 0 Å². The van der Waals surface area contributed by atoms with Gasteiger partial charge in [-0.1, -0.05) is 32.9 Å². The third-order valence-corrected chi connectivity index (χ3v) is 4.42. The number of carbonyl (C=O) groups is 1. The zero-order valence-corrected chi connectivity index (χ0v) is 14.0. The molecule has 0 bridgehead atoms. The van der Waals surface area contributed by atoms with E-state index >= 15 is 0 Å². The molecule has 0 spiro atoms. The highest BCUT2D eigenvalue weighted by atomic mass is 19.4. The second kappa shape index (κ2) is 7.34. The van der Waals surface area contributed by atoms with Crippen molar-refractivity contribution in [1.29, 1.82) is 0 Å². The summed E-state index contributed by atoms with van der Waals surface area (Å²) in [6.45, 7) is 7.99. The summed E-state index contributed by atoms with van der Waals surface area (Å²) in [5, 5.41) is 2.93. The largest absolute Gasteiger partial charge is 0.416 e. The molecule has 2 atom stereocenters. The van der Waals surface area contributed by atoms with Crippen LogP contribution in [0.5, 0.6) is 0 Å². The minimum absolute atomic E-state index is 0.154. The van der Waals surface area contributed by atoms with Crippen molar-refractivity contribution in [2.45, 2.75) is 51.7 Å². The summed E-state index contributed by atoms with van der Waals surface area (Å²) in [4.78, 5) is 12.2. The van der Waals surface area contributed by atoms with Gasteiger partial charge in [0.1, 0.15) is 0 Å². The predicted octanol–water partition coefficient (Wildman–Crippen LogP) is 3.69. The van der Waals surface area contributed by atoms with Crippen molar-refractivity contribution in [3.05, 3.63) is 35.4 Å². The molecule has 0 fully saturated rings. The highest BCUT2D eigenvalue weighted by Crippen LogP contribution is 2.30. The SMILES string of the molecule is CC(CC(=O)NC(C)(CN)C(C)C)c1ccc(C(F)(F)F)cc1. The van der Waals surface area contributed by atoms with Gasteiger partial charge in [-0.2, -0.15) is 13.2 Å². The van der Waals surface area contributed by atoms with Gasteiger partial charge < -0.3 is 11.1 Å². The lowest BCUT2D eigenvalue weighted by atomic mass is 9.87. The maximum absolute atomic E-state index is 12.6. The molecule has 2 unspecified atom stereocenters. The fraction of sp³-hybridized carbons (Fsp3) is 0.588. The third-order valence-electron chi connectivity index (χ3n) is 4.42. The monoisotopic (exact) mass is 330 g/mol. The van der Waals surface area contributed by atoms with Gasteiger partial charge in [0, 0.05) is 13.0 Å². The van der Waals surface area contributed by atoms with Gasteiger partial charge in [-0.3, -0.25) is 4.79 Å². The van der Waals surface area contributed by atoms with Crippen molar-refractivity contribution in [3.63, 3.8) is 0 Å². The molecular weight excluding hydrogens is 305 g/mol. The molecule has 3 N–H and O–H groups in total. The van der Waals surface area contributed by atoms with Gasteiger partial charge in [-0.15, -0.1) is 0 Å². The van der Waals surface area contributed by atoms with Gasteiger partial charge in [0.05, 0.1) is 11.1 Å². The van der Waals surface area contributed by atoms with E-state index < -0.39 is 17.3 Å². The highest BCUT2D eigenvalue weighted by molar-refractivity contribution is 5.77. The number of halogens is 3. The number of amides is 1. The lowest BCUT2D eigenvalue weighted by molar-refractivity contribution is -0.137. The third kappa shape index (κ3) is 5.23. The Kier molecular flexibility index (Phi) is 6.22. The molecule has 1 rings (SSSR count). The molecule has 0 heterocycles. The molecule has 1 aromatic carbocycles. The van der Waals surface area contributed by atoms with Crippen molar-refractivity contribution >= 4 is 5.91 Å². The molecule has 6 heteroatoms. The van der Waals surface area contributed by atoms with Gasteiger partial charge in [0.2, 0.25) is 5.91 Å². The first-order chi connectivity index (χ1) is 10.5. The van der Waals surface area contributed by atoms with Crippen LogP contribution in [0.15, 0.2) is 24.3 Å². The highest BCUT2D eigenvalue weighted by Gasteiger charge is 2.31. The minimum atomic E-state index is -4.35. The van der Waals surface area contributed by atoms with E-state index in [9.17, 15) is 18.0 Å². The molecule has 23 heavy (non-hydrogen) atoms. The summed E-state index contributed by atoms with van der Waals surface area (Å²) < 4.78 is 37.7. The topological polar surface area (TPSA) is 55.1 Å². The summed E-state index contributed by atoms with van der Waals surface area (Å²) in [5.41, 5.74) is 5.26. The fourth-order valence-corrected chi connectivity index (χ4v) is 2.20. The zero-order chi connectivity index (χ0) is 17.8. The molecule has 130 valence electrons. The Labute approximate surface area is 135 Å². The zero-order valence-electron chi connectivity index (χ0n) is 14.0. The number of nitrogens with one attached hydrogen (secondary N) is 1. The Morgan fingerprint density at radius 2 is 1.70 bits per heavy atom.